The number of likely N-dealkylation sites (tertiary alicyclic amines) is 1. The van der Waals surface area contributed by atoms with E-state index in [1.165, 1.54) is 26.2 Å². The van der Waals surface area contributed by atoms with Crippen molar-refractivity contribution in [3.8, 4) is 0 Å². The summed E-state index contributed by atoms with van der Waals surface area (Å²) in [6, 6.07) is 4.54. The number of ether oxygens (including phenoxy) is 1. The average Bonchev–Trinajstić information content (AvgIpc) is 2.59. The maximum atomic E-state index is 12.5. The predicted octanol–water partition coefficient (Wildman–Crippen LogP) is 2.19. The van der Waals surface area contributed by atoms with E-state index in [4.69, 9.17) is 4.74 Å². The van der Waals surface area contributed by atoms with Crippen LogP contribution in [0.15, 0.2) is 23.1 Å². The molecule has 0 unspecified atom stereocenters. The van der Waals surface area contributed by atoms with Crippen molar-refractivity contribution in [3.05, 3.63) is 29.3 Å². The maximum Gasteiger partial charge on any atom is 0.338 e. The number of esters is 1. The molecule has 27 heavy (non-hydrogen) atoms. The summed E-state index contributed by atoms with van der Waals surface area (Å²) < 4.78 is 30.8. The van der Waals surface area contributed by atoms with Gasteiger partial charge in [0.05, 0.1) is 10.5 Å². The number of aryl methyl sites for hydroxylation is 1. The van der Waals surface area contributed by atoms with E-state index in [2.05, 4.69) is 0 Å². The lowest BCUT2D eigenvalue weighted by Crippen LogP contribution is -2.49. The van der Waals surface area contributed by atoms with Gasteiger partial charge >= 0.3 is 5.97 Å². The first-order chi connectivity index (χ1) is 12.6. The zero-order chi connectivity index (χ0) is 20.4. The quantitative estimate of drug-likeness (QED) is 0.713. The molecule has 0 aliphatic carbocycles. The Morgan fingerprint density at radius 1 is 1.19 bits per heavy atom. The summed E-state index contributed by atoms with van der Waals surface area (Å²) in [4.78, 5) is 26.7. The zero-order valence-electron chi connectivity index (χ0n) is 16.6. The molecule has 0 saturated carbocycles. The summed E-state index contributed by atoms with van der Waals surface area (Å²) in [6.45, 7) is 5.33. The third-order valence-electron chi connectivity index (χ3n) is 5.02. The second kappa shape index (κ2) is 8.39. The van der Waals surface area contributed by atoms with Gasteiger partial charge in [0.15, 0.2) is 6.61 Å². The highest BCUT2D eigenvalue weighted by Gasteiger charge is 2.29. The molecule has 0 N–H and O–H groups in total. The van der Waals surface area contributed by atoms with Crippen LogP contribution < -0.4 is 0 Å². The molecule has 0 spiro atoms. The standard InChI is InChI=1S/C19H28N2O5S/c1-13-9-10-16(27(24,25)20(4)5)11-17(13)19(23)26-12-18(22)21-14(2)7-6-8-15(21)3/h9-11,14-15H,6-8,12H2,1-5H3/t14-,15-/m0/s1. The predicted molar refractivity (Wildman–Crippen MR) is 102 cm³/mol. The summed E-state index contributed by atoms with van der Waals surface area (Å²) in [5, 5.41) is 0. The Bertz CT molecular complexity index is 809. The van der Waals surface area contributed by atoms with Crippen LogP contribution in [0.5, 0.6) is 0 Å². The van der Waals surface area contributed by atoms with E-state index >= 15 is 0 Å². The van der Waals surface area contributed by atoms with Crippen molar-refractivity contribution in [1.82, 2.24) is 9.21 Å². The fourth-order valence-electron chi connectivity index (χ4n) is 3.38. The first-order valence-corrected chi connectivity index (χ1v) is 10.5. The Kier molecular flexibility index (Phi) is 6.64. The summed E-state index contributed by atoms with van der Waals surface area (Å²) >= 11 is 0. The van der Waals surface area contributed by atoms with Gasteiger partial charge in [-0.3, -0.25) is 4.79 Å². The maximum absolute atomic E-state index is 12.5. The average molecular weight is 397 g/mol. The normalized spacial score (nSPS) is 20.6. The molecule has 1 fully saturated rings. The van der Waals surface area contributed by atoms with Crippen molar-refractivity contribution in [2.45, 2.75) is 57.0 Å². The molecule has 0 bridgehead atoms. The molecular weight excluding hydrogens is 368 g/mol. The number of nitrogens with zero attached hydrogens (tertiary/aromatic N) is 2. The SMILES string of the molecule is Cc1ccc(S(=O)(=O)N(C)C)cc1C(=O)OCC(=O)N1[C@@H](C)CCC[C@@H]1C. The Balaban J connectivity index is 2.13. The summed E-state index contributed by atoms with van der Waals surface area (Å²) in [5.74, 6) is -0.924. The Labute approximate surface area is 161 Å². The third kappa shape index (κ3) is 4.68. The number of piperidine rings is 1. The number of amides is 1. The molecule has 1 amide bonds. The largest absolute Gasteiger partial charge is 0.452 e. The van der Waals surface area contributed by atoms with E-state index < -0.39 is 16.0 Å². The van der Waals surface area contributed by atoms with Gasteiger partial charge in [-0.2, -0.15) is 0 Å². The van der Waals surface area contributed by atoms with E-state index in [1.54, 1.807) is 17.9 Å². The second-order valence-corrected chi connectivity index (χ2v) is 9.42. The van der Waals surface area contributed by atoms with Gasteiger partial charge < -0.3 is 9.64 Å². The molecule has 1 saturated heterocycles. The van der Waals surface area contributed by atoms with Gasteiger partial charge in [-0.1, -0.05) is 6.07 Å². The van der Waals surface area contributed by atoms with E-state index in [1.807, 2.05) is 13.8 Å². The number of carbonyl (C=O) groups excluding carboxylic acids is 2. The summed E-state index contributed by atoms with van der Waals surface area (Å²) in [5.41, 5.74) is 0.732. The van der Waals surface area contributed by atoms with Crippen molar-refractivity contribution in [2.24, 2.45) is 0 Å². The van der Waals surface area contributed by atoms with Gasteiger partial charge in [-0.05, 0) is 57.7 Å². The van der Waals surface area contributed by atoms with Crippen LogP contribution in [0.1, 0.15) is 49.0 Å². The van der Waals surface area contributed by atoms with Crippen molar-refractivity contribution in [1.29, 1.82) is 0 Å². The highest BCUT2D eigenvalue weighted by Crippen LogP contribution is 2.23. The minimum atomic E-state index is -3.66. The van der Waals surface area contributed by atoms with Crippen LogP contribution >= 0.6 is 0 Å². The number of sulfonamides is 1. The highest BCUT2D eigenvalue weighted by molar-refractivity contribution is 7.89. The number of hydrogen-bond acceptors (Lipinski definition) is 5. The second-order valence-electron chi connectivity index (χ2n) is 7.27. The van der Waals surface area contributed by atoms with Gasteiger partial charge in [0.1, 0.15) is 0 Å². The highest BCUT2D eigenvalue weighted by atomic mass is 32.2. The van der Waals surface area contributed by atoms with E-state index in [-0.39, 0.29) is 35.1 Å². The van der Waals surface area contributed by atoms with Crippen LogP contribution in [0.3, 0.4) is 0 Å². The number of carbonyl (C=O) groups is 2. The monoisotopic (exact) mass is 396 g/mol. The first-order valence-electron chi connectivity index (χ1n) is 9.07. The molecule has 7 nitrogen and oxygen atoms in total. The Morgan fingerprint density at radius 2 is 1.78 bits per heavy atom. The number of rotatable bonds is 5. The van der Waals surface area contributed by atoms with Crippen LogP contribution in [0.25, 0.3) is 0 Å². The lowest BCUT2D eigenvalue weighted by molar-refractivity contribution is -0.140. The Hall–Kier alpha value is -1.93. The molecule has 1 heterocycles. The topological polar surface area (TPSA) is 84.0 Å². The minimum absolute atomic E-state index is 0.00894. The lowest BCUT2D eigenvalue weighted by Gasteiger charge is -2.38. The van der Waals surface area contributed by atoms with Crippen molar-refractivity contribution < 1.29 is 22.7 Å². The van der Waals surface area contributed by atoms with Crippen LogP contribution in [0.2, 0.25) is 0 Å². The van der Waals surface area contributed by atoms with Crippen molar-refractivity contribution in [3.63, 3.8) is 0 Å². The van der Waals surface area contributed by atoms with Crippen molar-refractivity contribution in [2.75, 3.05) is 20.7 Å². The van der Waals surface area contributed by atoms with Crippen LogP contribution in [0.4, 0.5) is 0 Å². The van der Waals surface area contributed by atoms with Gasteiger partial charge in [0.25, 0.3) is 5.91 Å². The smallest absolute Gasteiger partial charge is 0.338 e. The summed E-state index contributed by atoms with van der Waals surface area (Å²) in [6.07, 6.45) is 2.96. The van der Waals surface area contributed by atoms with Gasteiger partial charge in [-0.15, -0.1) is 0 Å². The lowest BCUT2D eigenvalue weighted by atomic mass is 9.97. The molecule has 1 aliphatic rings. The fourth-order valence-corrected chi connectivity index (χ4v) is 4.31. The fraction of sp³-hybridized carbons (Fsp3) is 0.579. The molecule has 8 heteroatoms. The van der Waals surface area contributed by atoms with Crippen molar-refractivity contribution >= 4 is 21.9 Å². The van der Waals surface area contributed by atoms with E-state index in [9.17, 15) is 18.0 Å². The third-order valence-corrected chi connectivity index (χ3v) is 6.83. The molecule has 2 rings (SSSR count). The van der Waals surface area contributed by atoms with E-state index in [0.29, 0.717) is 5.56 Å². The molecule has 1 aromatic rings. The molecule has 1 aliphatic heterocycles. The molecular formula is C19H28N2O5S. The number of benzene rings is 1. The molecule has 2 atom stereocenters. The molecule has 150 valence electrons. The van der Waals surface area contributed by atoms with Gasteiger partial charge in [0, 0.05) is 26.2 Å². The van der Waals surface area contributed by atoms with Crippen LogP contribution in [-0.2, 0) is 19.6 Å². The molecule has 0 aromatic heterocycles. The molecule has 0 radical (unpaired) electrons. The van der Waals surface area contributed by atoms with Crippen LogP contribution in [0, 0.1) is 6.92 Å². The zero-order valence-corrected chi connectivity index (χ0v) is 17.4. The Morgan fingerprint density at radius 3 is 2.33 bits per heavy atom. The molecule has 1 aromatic carbocycles. The van der Waals surface area contributed by atoms with E-state index in [0.717, 1.165) is 23.6 Å². The minimum Gasteiger partial charge on any atom is -0.452 e. The van der Waals surface area contributed by atoms with Gasteiger partial charge in [-0.25, -0.2) is 17.5 Å². The number of hydrogen-bond donors (Lipinski definition) is 0. The van der Waals surface area contributed by atoms with Gasteiger partial charge in [0.2, 0.25) is 10.0 Å². The first kappa shape index (κ1) is 21.4. The summed E-state index contributed by atoms with van der Waals surface area (Å²) in [7, 11) is -0.815. The van der Waals surface area contributed by atoms with Crippen LogP contribution in [-0.4, -0.2) is 62.3 Å².